The number of nitrogens with zero attached hydrogens (tertiary/aromatic N) is 4. The van der Waals surface area contributed by atoms with Gasteiger partial charge in [0.1, 0.15) is 5.69 Å². The van der Waals surface area contributed by atoms with Crippen LogP contribution in [0.4, 0.5) is 5.69 Å². The van der Waals surface area contributed by atoms with E-state index >= 15 is 0 Å². The van der Waals surface area contributed by atoms with Gasteiger partial charge >= 0.3 is 0 Å². The molecular formula is C27H23N7OS. The first-order valence-electron chi connectivity index (χ1n) is 11.8. The van der Waals surface area contributed by atoms with Gasteiger partial charge in [0, 0.05) is 34.0 Å². The SMILES string of the molecule is CCCCC(=O)Nc1cncc(-c2cc3c(-c4nc5c(-c6cccs6)cccc5[nH]4)n[nH]c3cn2)c1. The lowest BCUT2D eigenvalue weighted by Crippen LogP contribution is -2.11. The highest BCUT2D eigenvalue weighted by Gasteiger charge is 2.16. The standard InChI is InChI=1S/C27H23N7OS/c1-2-3-9-24(35)30-17-11-16(13-28-14-17)21-12-19-22(15-29-21)33-34-26(19)27-31-20-7-4-6-18(25(20)32-27)23-8-5-10-36-23/h4-8,10-15H,2-3,9H2,1H3,(H,30,35)(H,31,32)(H,33,34). The van der Waals surface area contributed by atoms with Crippen molar-refractivity contribution in [3.63, 3.8) is 0 Å². The molecule has 1 aromatic carbocycles. The lowest BCUT2D eigenvalue weighted by Gasteiger charge is -2.07. The van der Waals surface area contributed by atoms with Crippen LogP contribution in [0.1, 0.15) is 26.2 Å². The fourth-order valence-electron chi connectivity index (χ4n) is 4.24. The lowest BCUT2D eigenvalue weighted by molar-refractivity contribution is -0.116. The Morgan fingerprint density at radius 2 is 2.03 bits per heavy atom. The van der Waals surface area contributed by atoms with Crippen molar-refractivity contribution in [3.8, 4) is 33.2 Å². The first kappa shape index (κ1) is 22.1. The monoisotopic (exact) mass is 493 g/mol. The molecule has 3 N–H and O–H groups in total. The first-order valence-corrected chi connectivity index (χ1v) is 12.7. The molecule has 0 bridgehead atoms. The number of para-hydroxylation sites is 1. The maximum absolute atomic E-state index is 12.2. The highest BCUT2D eigenvalue weighted by molar-refractivity contribution is 7.13. The number of fused-ring (bicyclic) bond motifs is 2. The molecule has 6 aromatic rings. The molecule has 6 rings (SSSR count). The molecule has 36 heavy (non-hydrogen) atoms. The number of thiophene rings is 1. The molecule has 0 atom stereocenters. The van der Waals surface area contributed by atoms with Crippen LogP contribution in [0.25, 0.3) is 55.2 Å². The molecule has 0 radical (unpaired) electrons. The highest BCUT2D eigenvalue weighted by Crippen LogP contribution is 2.34. The lowest BCUT2D eigenvalue weighted by atomic mass is 10.1. The van der Waals surface area contributed by atoms with Gasteiger partial charge in [0.2, 0.25) is 5.91 Å². The van der Waals surface area contributed by atoms with E-state index in [9.17, 15) is 4.79 Å². The van der Waals surface area contributed by atoms with Crippen molar-refractivity contribution in [2.24, 2.45) is 0 Å². The minimum absolute atomic E-state index is 0.0110. The summed E-state index contributed by atoms with van der Waals surface area (Å²) in [6.45, 7) is 2.06. The largest absolute Gasteiger partial charge is 0.337 e. The van der Waals surface area contributed by atoms with Crippen LogP contribution < -0.4 is 5.32 Å². The van der Waals surface area contributed by atoms with Gasteiger partial charge in [0.15, 0.2) is 5.82 Å². The van der Waals surface area contributed by atoms with Gasteiger partial charge in [-0.3, -0.25) is 19.9 Å². The molecule has 0 saturated carbocycles. The smallest absolute Gasteiger partial charge is 0.224 e. The summed E-state index contributed by atoms with van der Waals surface area (Å²) in [6, 6.07) is 14.2. The van der Waals surface area contributed by atoms with E-state index in [0.717, 1.165) is 57.3 Å². The number of aromatic nitrogens is 6. The van der Waals surface area contributed by atoms with Gasteiger partial charge in [-0.15, -0.1) is 11.3 Å². The van der Waals surface area contributed by atoms with E-state index in [1.54, 1.807) is 29.9 Å². The number of amides is 1. The minimum Gasteiger partial charge on any atom is -0.337 e. The Morgan fingerprint density at radius 1 is 1.08 bits per heavy atom. The zero-order chi connectivity index (χ0) is 24.5. The van der Waals surface area contributed by atoms with Crippen molar-refractivity contribution in [2.75, 3.05) is 5.32 Å². The average molecular weight is 494 g/mol. The number of aromatic amines is 2. The molecule has 8 nitrogen and oxygen atoms in total. The molecule has 0 spiro atoms. The van der Waals surface area contributed by atoms with Crippen molar-refractivity contribution >= 4 is 44.9 Å². The predicted octanol–water partition coefficient (Wildman–Crippen LogP) is 6.42. The molecule has 0 aliphatic rings. The Hall–Kier alpha value is -4.37. The third-order valence-electron chi connectivity index (χ3n) is 6.05. The van der Waals surface area contributed by atoms with E-state index in [0.29, 0.717) is 17.9 Å². The number of rotatable bonds is 7. The number of hydrogen-bond donors (Lipinski definition) is 3. The molecule has 5 heterocycles. The molecule has 0 saturated heterocycles. The number of imidazole rings is 1. The van der Waals surface area contributed by atoms with Gasteiger partial charge in [-0.1, -0.05) is 31.5 Å². The number of pyridine rings is 2. The number of unbranched alkanes of at least 4 members (excludes halogenated alkanes) is 1. The van der Waals surface area contributed by atoms with Crippen LogP contribution in [0.2, 0.25) is 0 Å². The number of nitrogens with one attached hydrogen (secondary N) is 3. The second-order valence-electron chi connectivity index (χ2n) is 8.57. The van der Waals surface area contributed by atoms with E-state index in [-0.39, 0.29) is 5.91 Å². The van der Waals surface area contributed by atoms with Crippen LogP contribution in [-0.2, 0) is 4.79 Å². The molecule has 0 aliphatic carbocycles. The molecule has 9 heteroatoms. The van der Waals surface area contributed by atoms with E-state index in [1.807, 2.05) is 30.3 Å². The van der Waals surface area contributed by atoms with Crippen LogP contribution in [0.15, 0.2) is 66.4 Å². The quantitative estimate of drug-likeness (QED) is 0.237. The fraction of sp³-hybridized carbons (Fsp3) is 0.148. The average Bonchev–Trinajstić information content (AvgIpc) is 3.66. The van der Waals surface area contributed by atoms with E-state index in [2.05, 4.69) is 54.9 Å². The Labute approximate surface area is 210 Å². The van der Waals surface area contributed by atoms with Crippen molar-refractivity contribution in [2.45, 2.75) is 26.2 Å². The summed E-state index contributed by atoms with van der Waals surface area (Å²) >= 11 is 1.69. The molecule has 0 aliphatic heterocycles. The molecular weight excluding hydrogens is 470 g/mol. The van der Waals surface area contributed by atoms with E-state index in [4.69, 9.17) is 4.98 Å². The Balaban J connectivity index is 1.37. The third kappa shape index (κ3) is 4.14. The number of H-pyrrole nitrogens is 2. The summed E-state index contributed by atoms with van der Waals surface area (Å²) in [5, 5.41) is 13.5. The van der Waals surface area contributed by atoms with Crippen molar-refractivity contribution in [1.82, 2.24) is 30.1 Å². The van der Waals surface area contributed by atoms with Crippen LogP contribution >= 0.6 is 11.3 Å². The maximum atomic E-state index is 12.2. The van der Waals surface area contributed by atoms with Gasteiger partial charge in [-0.25, -0.2) is 4.98 Å². The predicted molar refractivity (Wildman–Crippen MR) is 144 cm³/mol. The summed E-state index contributed by atoms with van der Waals surface area (Å²) < 4.78 is 0. The Kier molecular flexibility index (Phi) is 5.74. The summed E-state index contributed by atoms with van der Waals surface area (Å²) in [5.74, 6) is 0.676. The first-order chi connectivity index (χ1) is 17.7. The Bertz CT molecular complexity index is 1680. The van der Waals surface area contributed by atoms with Gasteiger partial charge in [-0.2, -0.15) is 5.10 Å². The molecule has 1 amide bonds. The normalized spacial score (nSPS) is 11.4. The second kappa shape index (κ2) is 9.35. The molecule has 5 aromatic heterocycles. The number of hydrogen-bond acceptors (Lipinski definition) is 6. The van der Waals surface area contributed by atoms with Gasteiger partial charge in [0.25, 0.3) is 0 Å². The fourth-order valence-corrected chi connectivity index (χ4v) is 4.99. The van der Waals surface area contributed by atoms with Crippen molar-refractivity contribution in [1.29, 1.82) is 0 Å². The van der Waals surface area contributed by atoms with Gasteiger partial charge in [0.05, 0.1) is 40.3 Å². The topological polar surface area (TPSA) is 112 Å². The minimum atomic E-state index is -0.0110. The number of anilines is 1. The maximum Gasteiger partial charge on any atom is 0.224 e. The van der Waals surface area contributed by atoms with E-state index in [1.165, 1.54) is 4.88 Å². The second-order valence-corrected chi connectivity index (χ2v) is 9.51. The molecule has 0 fully saturated rings. The zero-order valence-corrected chi connectivity index (χ0v) is 20.4. The summed E-state index contributed by atoms with van der Waals surface area (Å²) in [4.78, 5) is 30.6. The number of carbonyl (C=O) groups excluding carboxylic acids is 1. The van der Waals surface area contributed by atoms with Crippen molar-refractivity contribution < 1.29 is 4.79 Å². The number of benzene rings is 1. The van der Waals surface area contributed by atoms with Crippen LogP contribution in [-0.4, -0.2) is 36.0 Å². The molecule has 0 unspecified atom stereocenters. The van der Waals surface area contributed by atoms with E-state index < -0.39 is 0 Å². The molecule has 178 valence electrons. The van der Waals surface area contributed by atoms with Gasteiger partial charge in [-0.05, 0) is 36.1 Å². The summed E-state index contributed by atoms with van der Waals surface area (Å²) in [7, 11) is 0. The Morgan fingerprint density at radius 3 is 2.89 bits per heavy atom. The number of carbonyl (C=O) groups is 1. The van der Waals surface area contributed by atoms with Crippen molar-refractivity contribution in [3.05, 3.63) is 66.4 Å². The summed E-state index contributed by atoms with van der Waals surface area (Å²) in [6.07, 6.45) is 7.47. The third-order valence-corrected chi connectivity index (χ3v) is 6.95. The van der Waals surface area contributed by atoms with Crippen LogP contribution in [0.3, 0.4) is 0 Å². The summed E-state index contributed by atoms with van der Waals surface area (Å²) in [5.41, 5.74) is 6.69. The van der Waals surface area contributed by atoms with Crippen LogP contribution in [0, 0.1) is 0 Å². The van der Waals surface area contributed by atoms with Gasteiger partial charge < -0.3 is 10.3 Å². The highest BCUT2D eigenvalue weighted by atomic mass is 32.1. The van der Waals surface area contributed by atoms with Crippen LogP contribution in [0.5, 0.6) is 0 Å². The zero-order valence-electron chi connectivity index (χ0n) is 19.6.